The first-order chi connectivity index (χ1) is 9.72. The lowest BCUT2D eigenvalue weighted by molar-refractivity contribution is 0.338. The van der Waals surface area contributed by atoms with Gasteiger partial charge in [0, 0.05) is 6.20 Å². The summed E-state index contributed by atoms with van der Waals surface area (Å²) in [4.78, 5) is 4.15. The van der Waals surface area contributed by atoms with Crippen molar-refractivity contribution in [3.8, 4) is 5.75 Å². The highest BCUT2D eigenvalue weighted by molar-refractivity contribution is 5.28. The molecule has 4 nitrogen and oxygen atoms in total. The van der Waals surface area contributed by atoms with E-state index in [0.717, 1.165) is 11.1 Å². The smallest absolute Gasteiger partial charge is 0.137 e. The van der Waals surface area contributed by atoms with Gasteiger partial charge in [-0.05, 0) is 42.7 Å². The predicted octanol–water partition coefficient (Wildman–Crippen LogP) is 2.37. The average molecular weight is 275 g/mol. The molecule has 0 bridgehead atoms. The van der Waals surface area contributed by atoms with Crippen LogP contribution in [-0.2, 0) is 6.42 Å². The third kappa shape index (κ3) is 3.76. The molecule has 0 saturated carbocycles. The van der Waals surface area contributed by atoms with Crippen molar-refractivity contribution in [1.29, 1.82) is 0 Å². The van der Waals surface area contributed by atoms with Crippen molar-refractivity contribution in [2.24, 2.45) is 5.84 Å². The summed E-state index contributed by atoms with van der Waals surface area (Å²) >= 11 is 0. The number of nitrogens with zero attached hydrogens (tertiary/aromatic N) is 1. The second-order valence-electron chi connectivity index (χ2n) is 4.44. The van der Waals surface area contributed by atoms with Crippen LogP contribution in [0.3, 0.4) is 0 Å². The molecule has 0 fully saturated rings. The van der Waals surface area contributed by atoms with Crippen molar-refractivity contribution < 1.29 is 9.13 Å². The van der Waals surface area contributed by atoms with Gasteiger partial charge in [-0.2, -0.15) is 0 Å². The molecule has 1 aromatic carbocycles. The molecule has 0 amide bonds. The monoisotopic (exact) mass is 275 g/mol. The number of nitrogens with one attached hydrogen (secondary N) is 1. The van der Waals surface area contributed by atoms with E-state index >= 15 is 0 Å². The fourth-order valence-corrected chi connectivity index (χ4v) is 2.00. The number of aromatic nitrogens is 1. The summed E-state index contributed by atoms with van der Waals surface area (Å²) in [6.45, 7) is 2.51. The maximum absolute atomic E-state index is 12.9. The number of benzene rings is 1. The number of halogens is 1. The van der Waals surface area contributed by atoms with Crippen LogP contribution in [0.25, 0.3) is 0 Å². The second kappa shape index (κ2) is 6.98. The molecule has 0 aliphatic heterocycles. The SMILES string of the molecule is CCOc1cncc(C(Cc2ccc(F)cc2)NN)c1. The topological polar surface area (TPSA) is 60.2 Å². The first-order valence-corrected chi connectivity index (χ1v) is 6.51. The third-order valence-corrected chi connectivity index (χ3v) is 3.00. The number of hydrogen-bond acceptors (Lipinski definition) is 4. The van der Waals surface area contributed by atoms with E-state index in [1.807, 2.05) is 13.0 Å². The minimum absolute atomic E-state index is 0.103. The Hall–Kier alpha value is -1.98. The van der Waals surface area contributed by atoms with Gasteiger partial charge in [-0.15, -0.1) is 0 Å². The molecule has 0 spiro atoms. The van der Waals surface area contributed by atoms with E-state index in [-0.39, 0.29) is 11.9 Å². The van der Waals surface area contributed by atoms with Crippen LogP contribution in [0.5, 0.6) is 5.75 Å². The lowest BCUT2D eigenvalue weighted by Gasteiger charge is -2.17. The van der Waals surface area contributed by atoms with Gasteiger partial charge < -0.3 is 4.74 Å². The van der Waals surface area contributed by atoms with Gasteiger partial charge in [0.05, 0.1) is 18.8 Å². The summed E-state index contributed by atoms with van der Waals surface area (Å²) < 4.78 is 18.3. The molecule has 5 heteroatoms. The fraction of sp³-hybridized carbons (Fsp3) is 0.267. The quantitative estimate of drug-likeness (QED) is 0.627. The van der Waals surface area contributed by atoms with Gasteiger partial charge in [0.25, 0.3) is 0 Å². The molecule has 1 unspecified atom stereocenters. The molecule has 106 valence electrons. The van der Waals surface area contributed by atoms with Crippen molar-refractivity contribution in [3.05, 3.63) is 59.7 Å². The Labute approximate surface area is 117 Å². The van der Waals surface area contributed by atoms with Crippen molar-refractivity contribution in [3.63, 3.8) is 0 Å². The van der Waals surface area contributed by atoms with Crippen molar-refractivity contribution in [1.82, 2.24) is 10.4 Å². The Kier molecular flexibility index (Phi) is 5.03. The van der Waals surface area contributed by atoms with E-state index in [9.17, 15) is 4.39 Å². The molecule has 0 aliphatic rings. The lowest BCUT2D eigenvalue weighted by atomic mass is 10.0. The van der Waals surface area contributed by atoms with Crippen molar-refractivity contribution in [2.75, 3.05) is 6.61 Å². The second-order valence-corrected chi connectivity index (χ2v) is 4.44. The Morgan fingerprint density at radius 3 is 2.70 bits per heavy atom. The summed E-state index contributed by atoms with van der Waals surface area (Å²) in [5.74, 6) is 6.08. The zero-order valence-electron chi connectivity index (χ0n) is 11.3. The number of ether oxygens (including phenoxy) is 1. The van der Waals surface area contributed by atoms with Gasteiger partial charge in [-0.1, -0.05) is 12.1 Å². The summed E-state index contributed by atoms with van der Waals surface area (Å²) in [5, 5.41) is 0. The van der Waals surface area contributed by atoms with Crippen LogP contribution in [0.4, 0.5) is 4.39 Å². The van der Waals surface area contributed by atoms with Crippen LogP contribution < -0.4 is 16.0 Å². The van der Waals surface area contributed by atoms with Gasteiger partial charge in [0.15, 0.2) is 0 Å². The predicted molar refractivity (Wildman–Crippen MR) is 75.6 cm³/mol. The Morgan fingerprint density at radius 1 is 1.30 bits per heavy atom. The molecular weight excluding hydrogens is 257 g/mol. The van der Waals surface area contributed by atoms with E-state index < -0.39 is 0 Å². The summed E-state index contributed by atoms with van der Waals surface area (Å²) in [6.07, 6.45) is 4.06. The molecule has 1 heterocycles. The van der Waals surface area contributed by atoms with Crippen LogP contribution in [0, 0.1) is 5.82 Å². The van der Waals surface area contributed by atoms with Crippen molar-refractivity contribution >= 4 is 0 Å². The zero-order valence-corrected chi connectivity index (χ0v) is 11.3. The first kappa shape index (κ1) is 14.4. The van der Waals surface area contributed by atoms with E-state index in [1.54, 1.807) is 24.5 Å². The average Bonchev–Trinajstić information content (AvgIpc) is 2.47. The molecule has 0 radical (unpaired) electrons. The number of pyridine rings is 1. The molecular formula is C15H18FN3O. The first-order valence-electron chi connectivity index (χ1n) is 6.51. The largest absolute Gasteiger partial charge is 0.492 e. The molecule has 1 atom stereocenters. The summed E-state index contributed by atoms with van der Waals surface area (Å²) in [7, 11) is 0. The van der Waals surface area contributed by atoms with Gasteiger partial charge in [-0.25, -0.2) is 4.39 Å². The minimum Gasteiger partial charge on any atom is -0.492 e. The highest BCUT2D eigenvalue weighted by atomic mass is 19.1. The number of hydrogen-bond donors (Lipinski definition) is 2. The van der Waals surface area contributed by atoms with E-state index in [0.29, 0.717) is 18.8 Å². The minimum atomic E-state index is -0.244. The maximum atomic E-state index is 12.9. The van der Waals surface area contributed by atoms with E-state index in [1.165, 1.54) is 12.1 Å². The normalized spacial score (nSPS) is 12.2. The standard InChI is InChI=1S/C15H18FN3O/c1-2-20-14-8-12(9-18-10-14)15(19-17)7-11-3-5-13(16)6-4-11/h3-6,8-10,15,19H,2,7,17H2,1H3. The van der Waals surface area contributed by atoms with E-state index in [2.05, 4.69) is 10.4 Å². The lowest BCUT2D eigenvalue weighted by Crippen LogP contribution is -2.29. The molecule has 2 rings (SSSR count). The van der Waals surface area contributed by atoms with Gasteiger partial charge in [0.1, 0.15) is 11.6 Å². The molecule has 3 N–H and O–H groups in total. The number of rotatable bonds is 6. The number of hydrazine groups is 1. The summed E-state index contributed by atoms with van der Waals surface area (Å²) in [6, 6.07) is 8.19. The van der Waals surface area contributed by atoms with Gasteiger partial charge >= 0.3 is 0 Å². The molecule has 2 aromatic rings. The van der Waals surface area contributed by atoms with Crippen LogP contribution in [0.2, 0.25) is 0 Å². The summed E-state index contributed by atoms with van der Waals surface area (Å²) in [5.41, 5.74) is 4.69. The number of nitrogens with two attached hydrogens (primary N) is 1. The van der Waals surface area contributed by atoms with Crippen LogP contribution in [0.15, 0.2) is 42.7 Å². The van der Waals surface area contributed by atoms with E-state index in [4.69, 9.17) is 10.6 Å². The Balaban J connectivity index is 2.15. The zero-order chi connectivity index (χ0) is 14.4. The Bertz CT molecular complexity index is 545. The van der Waals surface area contributed by atoms with Gasteiger partial charge in [-0.3, -0.25) is 16.3 Å². The van der Waals surface area contributed by atoms with Crippen LogP contribution in [-0.4, -0.2) is 11.6 Å². The fourth-order valence-electron chi connectivity index (χ4n) is 2.00. The molecule has 0 aliphatic carbocycles. The van der Waals surface area contributed by atoms with Crippen molar-refractivity contribution in [2.45, 2.75) is 19.4 Å². The Morgan fingerprint density at radius 2 is 2.05 bits per heavy atom. The van der Waals surface area contributed by atoms with Crippen LogP contribution >= 0.6 is 0 Å². The molecule has 1 aromatic heterocycles. The third-order valence-electron chi connectivity index (χ3n) is 3.00. The highest BCUT2D eigenvalue weighted by Crippen LogP contribution is 2.21. The molecule has 0 saturated heterocycles. The van der Waals surface area contributed by atoms with Gasteiger partial charge in [0.2, 0.25) is 0 Å². The van der Waals surface area contributed by atoms with Crippen LogP contribution in [0.1, 0.15) is 24.1 Å². The highest BCUT2D eigenvalue weighted by Gasteiger charge is 2.12. The maximum Gasteiger partial charge on any atom is 0.137 e. The molecule has 20 heavy (non-hydrogen) atoms.